The first-order valence-corrected chi connectivity index (χ1v) is 7.91. The van der Waals surface area contributed by atoms with E-state index in [1.54, 1.807) is 4.90 Å². The highest BCUT2D eigenvalue weighted by atomic mass is 35.5. The zero-order valence-corrected chi connectivity index (χ0v) is 13.0. The lowest BCUT2D eigenvalue weighted by atomic mass is 10.2. The summed E-state index contributed by atoms with van der Waals surface area (Å²) in [6, 6.07) is 0.283. The largest absolute Gasteiger partial charge is 0.336 e. The number of hydrogen-bond acceptors (Lipinski definition) is 4. The fourth-order valence-electron chi connectivity index (χ4n) is 1.97. The van der Waals surface area contributed by atoms with E-state index in [0.29, 0.717) is 16.5 Å². The molecule has 1 aromatic heterocycles. The number of rotatable bonds is 3. The van der Waals surface area contributed by atoms with E-state index < -0.39 is 0 Å². The molecule has 0 spiro atoms. The van der Waals surface area contributed by atoms with Crippen molar-refractivity contribution in [3.05, 3.63) is 22.7 Å². The molecule has 1 aliphatic rings. The van der Waals surface area contributed by atoms with Crippen molar-refractivity contribution in [3.63, 3.8) is 0 Å². The highest BCUT2D eigenvalue weighted by Crippen LogP contribution is 2.24. The number of carbonyl (C=O) groups is 1. The van der Waals surface area contributed by atoms with Crippen LogP contribution in [0.5, 0.6) is 0 Å². The lowest BCUT2D eigenvalue weighted by Crippen LogP contribution is -2.37. The summed E-state index contributed by atoms with van der Waals surface area (Å²) in [6.45, 7) is 3.99. The molecule has 0 aromatic carbocycles. The second-order valence-corrected chi connectivity index (χ2v) is 6.57. The molecular formula is C13H18ClN3OS. The summed E-state index contributed by atoms with van der Waals surface area (Å²) in [7, 11) is 1.83. The Labute approximate surface area is 122 Å². The van der Waals surface area contributed by atoms with Crippen LogP contribution in [0.3, 0.4) is 0 Å². The van der Waals surface area contributed by atoms with E-state index in [1.807, 2.05) is 32.7 Å². The van der Waals surface area contributed by atoms with E-state index in [4.69, 9.17) is 11.6 Å². The maximum atomic E-state index is 12.5. The van der Waals surface area contributed by atoms with Crippen LogP contribution in [0.15, 0.2) is 6.20 Å². The number of aromatic nitrogens is 2. The first kappa shape index (κ1) is 14.6. The van der Waals surface area contributed by atoms with Crippen LogP contribution in [0.2, 0.25) is 5.02 Å². The Kier molecular flexibility index (Phi) is 4.68. The summed E-state index contributed by atoms with van der Waals surface area (Å²) in [5.41, 5.74) is 0.319. The van der Waals surface area contributed by atoms with Crippen LogP contribution in [0.25, 0.3) is 0 Å². The van der Waals surface area contributed by atoms with Gasteiger partial charge in [0.1, 0.15) is 5.82 Å². The lowest BCUT2D eigenvalue weighted by molar-refractivity contribution is 0.0741. The molecule has 0 N–H and O–H groups in total. The summed E-state index contributed by atoms with van der Waals surface area (Å²) in [6.07, 6.45) is 2.56. The summed E-state index contributed by atoms with van der Waals surface area (Å²) in [4.78, 5) is 22.7. The van der Waals surface area contributed by atoms with Crippen LogP contribution in [0, 0.1) is 0 Å². The quantitative estimate of drug-likeness (QED) is 0.861. The van der Waals surface area contributed by atoms with Crippen LogP contribution in [0.4, 0.5) is 0 Å². The van der Waals surface area contributed by atoms with Gasteiger partial charge in [0, 0.05) is 24.8 Å². The zero-order chi connectivity index (χ0) is 14.0. The van der Waals surface area contributed by atoms with Gasteiger partial charge in [0.25, 0.3) is 5.91 Å². The van der Waals surface area contributed by atoms with E-state index in [2.05, 4.69) is 9.97 Å². The summed E-state index contributed by atoms with van der Waals surface area (Å²) in [5, 5.41) is 0.326. The second-order valence-electron chi connectivity index (χ2n) is 5.01. The third-order valence-electron chi connectivity index (χ3n) is 3.26. The Morgan fingerprint density at radius 2 is 2.32 bits per heavy atom. The van der Waals surface area contributed by atoms with Gasteiger partial charge in [-0.1, -0.05) is 25.4 Å². The normalized spacial score (nSPS) is 18.9. The van der Waals surface area contributed by atoms with Crippen molar-refractivity contribution in [1.29, 1.82) is 0 Å². The Balaban J connectivity index is 2.24. The predicted molar refractivity (Wildman–Crippen MR) is 79.0 cm³/mol. The molecule has 4 nitrogen and oxygen atoms in total. The highest BCUT2D eigenvalue weighted by Gasteiger charge is 2.27. The molecule has 0 radical (unpaired) electrons. The van der Waals surface area contributed by atoms with Crippen molar-refractivity contribution in [2.45, 2.75) is 32.2 Å². The molecule has 1 amide bonds. The maximum Gasteiger partial charge on any atom is 0.274 e. The molecule has 2 rings (SSSR count). The minimum absolute atomic E-state index is 0.109. The van der Waals surface area contributed by atoms with Gasteiger partial charge in [-0.15, -0.1) is 0 Å². The molecular weight excluding hydrogens is 282 g/mol. The van der Waals surface area contributed by atoms with Crippen molar-refractivity contribution in [1.82, 2.24) is 14.9 Å². The molecule has 1 unspecified atom stereocenters. The number of thioether (sulfide) groups is 1. The van der Waals surface area contributed by atoms with Crippen molar-refractivity contribution in [2.75, 3.05) is 18.6 Å². The Bertz CT molecular complexity index is 475. The second kappa shape index (κ2) is 6.09. The molecule has 19 heavy (non-hydrogen) atoms. The van der Waals surface area contributed by atoms with Crippen molar-refractivity contribution in [2.24, 2.45) is 0 Å². The maximum absolute atomic E-state index is 12.5. The van der Waals surface area contributed by atoms with Crippen molar-refractivity contribution >= 4 is 29.3 Å². The highest BCUT2D eigenvalue weighted by molar-refractivity contribution is 7.99. The van der Waals surface area contributed by atoms with E-state index in [-0.39, 0.29) is 17.9 Å². The monoisotopic (exact) mass is 299 g/mol. The molecule has 0 aliphatic carbocycles. The number of nitrogens with zero attached hydrogens (tertiary/aromatic N) is 3. The minimum Gasteiger partial charge on any atom is -0.336 e. The van der Waals surface area contributed by atoms with E-state index in [0.717, 1.165) is 17.9 Å². The summed E-state index contributed by atoms with van der Waals surface area (Å²) in [5.74, 6) is 2.82. The zero-order valence-electron chi connectivity index (χ0n) is 11.4. The molecule has 1 atom stereocenters. The van der Waals surface area contributed by atoms with Gasteiger partial charge in [0.2, 0.25) is 0 Å². The lowest BCUT2D eigenvalue weighted by Gasteiger charge is -2.23. The van der Waals surface area contributed by atoms with Crippen molar-refractivity contribution in [3.8, 4) is 0 Å². The standard InChI is InChI=1S/C13H18ClN3OS/c1-8(2)12-15-6-10(14)11(16-12)13(18)17(3)9-4-5-19-7-9/h6,8-9H,4-5,7H2,1-3H3. The molecule has 2 heterocycles. The van der Waals surface area contributed by atoms with Gasteiger partial charge < -0.3 is 4.90 Å². The van der Waals surface area contributed by atoms with E-state index >= 15 is 0 Å². The smallest absolute Gasteiger partial charge is 0.274 e. The van der Waals surface area contributed by atoms with Crippen LogP contribution < -0.4 is 0 Å². The molecule has 1 fully saturated rings. The van der Waals surface area contributed by atoms with Gasteiger partial charge in [0.15, 0.2) is 5.69 Å². The molecule has 0 saturated carbocycles. The van der Waals surface area contributed by atoms with E-state index in [9.17, 15) is 4.79 Å². The molecule has 104 valence electrons. The topological polar surface area (TPSA) is 46.1 Å². The Hall–Kier alpha value is -0.810. The third kappa shape index (κ3) is 3.20. The van der Waals surface area contributed by atoms with Gasteiger partial charge >= 0.3 is 0 Å². The fourth-order valence-corrected chi connectivity index (χ4v) is 3.41. The third-order valence-corrected chi connectivity index (χ3v) is 4.68. The van der Waals surface area contributed by atoms with Crippen LogP contribution in [-0.2, 0) is 0 Å². The SMILES string of the molecule is CC(C)c1ncc(Cl)c(C(=O)N(C)C2CCSC2)n1. The van der Waals surface area contributed by atoms with Gasteiger partial charge in [-0.3, -0.25) is 4.79 Å². The Morgan fingerprint density at radius 1 is 1.58 bits per heavy atom. The molecule has 0 bridgehead atoms. The molecule has 1 aromatic rings. The van der Waals surface area contributed by atoms with Crippen LogP contribution in [0.1, 0.15) is 42.5 Å². The van der Waals surface area contributed by atoms with Gasteiger partial charge in [-0.05, 0) is 12.2 Å². The average Bonchev–Trinajstić information content (AvgIpc) is 2.91. The molecule has 1 saturated heterocycles. The molecule has 1 aliphatic heterocycles. The number of amides is 1. The fraction of sp³-hybridized carbons (Fsp3) is 0.615. The first-order valence-electron chi connectivity index (χ1n) is 6.38. The van der Waals surface area contributed by atoms with Crippen LogP contribution in [-0.4, -0.2) is 45.4 Å². The number of carbonyl (C=O) groups excluding carboxylic acids is 1. The van der Waals surface area contributed by atoms with Crippen LogP contribution >= 0.6 is 23.4 Å². The van der Waals surface area contributed by atoms with Gasteiger partial charge in [0.05, 0.1) is 11.2 Å². The first-order chi connectivity index (χ1) is 9.00. The van der Waals surface area contributed by atoms with Crippen molar-refractivity contribution < 1.29 is 4.79 Å². The van der Waals surface area contributed by atoms with Gasteiger partial charge in [-0.25, -0.2) is 9.97 Å². The predicted octanol–water partition coefficient (Wildman–Crippen LogP) is 2.83. The van der Waals surface area contributed by atoms with E-state index in [1.165, 1.54) is 6.20 Å². The summed E-state index contributed by atoms with van der Waals surface area (Å²) < 4.78 is 0. The number of halogens is 1. The minimum atomic E-state index is -0.109. The molecule has 6 heteroatoms. The van der Waals surface area contributed by atoms with Gasteiger partial charge in [-0.2, -0.15) is 11.8 Å². The number of hydrogen-bond donors (Lipinski definition) is 0. The summed E-state index contributed by atoms with van der Waals surface area (Å²) >= 11 is 7.94. The average molecular weight is 300 g/mol. The Morgan fingerprint density at radius 3 is 2.89 bits per heavy atom.